The lowest BCUT2D eigenvalue weighted by molar-refractivity contribution is 0.393. The van der Waals surface area contributed by atoms with E-state index < -0.39 is 10.0 Å². The molecule has 4 nitrogen and oxygen atoms in total. The predicted molar refractivity (Wildman–Crippen MR) is 68.5 cm³/mol. The van der Waals surface area contributed by atoms with Crippen LogP contribution in [0.15, 0.2) is 23.2 Å². The van der Waals surface area contributed by atoms with Crippen LogP contribution in [0.5, 0.6) is 0 Å². The summed E-state index contributed by atoms with van der Waals surface area (Å²) in [4.78, 5) is 3.85. The van der Waals surface area contributed by atoms with Gasteiger partial charge in [-0.15, -0.1) is 0 Å². The fraction of sp³-hybridized carbons (Fsp3) is 0.545. The van der Waals surface area contributed by atoms with Crippen LogP contribution in [0, 0.1) is 5.92 Å². The number of hydrogen-bond acceptors (Lipinski definition) is 3. The van der Waals surface area contributed by atoms with Crippen LogP contribution in [0.3, 0.4) is 0 Å². The van der Waals surface area contributed by atoms with Crippen molar-refractivity contribution in [2.75, 3.05) is 13.6 Å². The molecule has 0 aliphatic heterocycles. The van der Waals surface area contributed by atoms with E-state index >= 15 is 0 Å². The predicted octanol–water partition coefficient (Wildman–Crippen LogP) is 2.40. The van der Waals surface area contributed by atoms with E-state index in [4.69, 9.17) is 11.6 Å². The van der Waals surface area contributed by atoms with E-state index in [9.17, 15) is 8.42 Å². The van der Waals surface area contributed by atoms with Crippen molar-refractivity contribution in [3.63, 3.8) is 0 Å². The summed E-state index contributed by atoms with van der Waals surface area (Å²) in [5, 5.41) is 0.0171. The molecule has 1 atom stereocenters. The quantitative estimate of drug-likeness (QED) is 0.776. The molecule has 0 N–H and O–H groups in total. The average molecular weight is 277 g/mol. The Morgan fingerprint density at radius 1 is 1.53 bits per heavy atom. The molecule has 0 bridgehead atoms. The standard InChI is InChI=1S/C11H17ClN2O2S/c1-4-9(2)8-14(3)17(15,16)10-6-5-7-13-11(10)12/h5-7,9H,4,8H2,1-3H3. The van der Waals surface area contributed by atoms with Crippen molar-refractivity contribution in [1.82, 2.24) is 9.29 Å². The van der Waals surface area contributed by atoms with Crippen molar-refractivity contribution < 1.29 is 8.42 Å². The zero-order chi connectivity index (χ0) is 13.1. The highest BCUT2D eigenvalue weighted by Gasteiger charge is 2.24. The molecule has 17 heavy (non-hydrogen) atoms. The third-order valence-corrected chi connectivity index (χ3v) is 4.95. The summed E-state index contributed by atoms with van der Waals surface area (Å²) in [5.41, 5.74) is 0. The highest BCUT2D eigenvalue weighted by atomic mass is 35.5. The van der Waals surface area contributed by atoms with Crippen molar-refractivity contribution in [2.24, 2.45) is 5.92 Å². The average Bonchev–Trinajstić information content (AvgIpc) is 2.29. The Balaban J connectivity index is 3.00. The van der Waals surface area contributed by atoms with Gasteiger partial charge in [0.2, 0.25) is 10.0 Å². The van der Waals surface area contributed by atoms with Crippen LogP contribution in [-0.4, -0.2) is 31.3 Å². The Morgan fingerprint density at radius 2 is 2.18 bits per heavy atom. The molecule has 0 radical (unpaired) electrons. The molecule has 1 rings (SSSR count). The molecule has 0 saturated heterocycles. The van der Waals surface area contributed by atoms with E-state index in [-0.39, 0.29) is 10.0 Å². The Hall–Kier alpha value is -0.650. The molecular weight excluding hydrogens is 260 g/mol. The first-order chi connectivity index (χ1) is 7.89. The fourth-order valence-electron chi connectivity index (χ4n) is 1.40. The first kappa shape index (κ1) is 14.4. The van der Waals surface area contributed by atoms with E-state index in [0.717, 1.165) is 6.42 Å². The van der Waals surface area contributed by atoms with Crippen LogP contribution < -0.4 is 0 Å². The molecule has 0 aliphatic carbocycles. The number of sulfonamides is 1. The molecule has 0 aromatic carbocycles. The van der Waals surface area contributed by atoms with E-state index in [0.29, 0.717) is 12.5 Å². The third kappa shape index (κ3) is 3.40. The Labute approximate surface area is 108 Å². The topological polar surface area (TPSA) is 50.3 Å². The summed E-state index contributed by atoms with van der Waals surface area (Å²) in [6.45, 7) is 4.52. The van der Waals surface area contributed by atoms with Crippen LogP contribution in [0.1, 0.15) is 20.3 Å². The van der Waals surface area contributed by atoms with Gasteiger partial charge in [-0.1, -0.05) is 31.9 Å². The van der Waals surface area contributed by atoms with Crippen LogP contribution in [0.25, 0.3) is 0 Å². The Morgan fingerprint density at radius 3 is 2.71 bits per heavy atom. The minimum absolute atomic E-state index is 0.0171. The summed E-state index contributed by atoms with van der Waals surface area (Å²) in [6, 6.07) is 3.04. The molecule has 0 fully saturated rings. The van der Waals surface area contributed by atoms with E-state index in [1.54, 1.807) is 13.1 Å². The summed E-state index contributed by atoms with van der Waals surface area (Å²) < 4.78 is 25.7. The third-order valence-electron chi connectivity index (χ3n) is 2.68. The van der Waals surface area contributed by atoms with Gasteiger partial charge in [0.1, 0.15) is 10.0 Å². The lowest BCUT2D eigenvalue weighted by Gasteiger charge is -2.20. The van der Waals surface area contributed by atoms with Crippen molar-refractivity contribution in [3.8, 4) is 0 Å². The van der Waals surface area contributed by atoms with Gasteiger partial charge in [0.25, 0.3) is 0 Å². The van der Waals surface area contributed by atoms with Gasteiger partial charge in [0.15, 0.2) is 0 Å². The number of halogens is 1. The first-order valence-electron chi connectivity index (χ1n) is 5.46. The minimum atomic E-state index is -3.54. The molecule has 6 heteroatoms. The molecule has 1 unspecified atom stereocenters. The number of nitrogens with zero attached hydrogens (tertiary/aromatic N) is 2. The maximum Gasteiger partial charge on any atom is 0.245 e. The van der Waals surface area contributed by atoms with Gasteiger partial charge in [-0.2, -0.15) is 0 Å². The zero-order valence-corrected chi connectivity index (χ0v) is 11.8. The van der Waals surface area contributed by atoms with Crippen molar-refractivity contribution in [3.05, 3.63) is 23.5 Å². The maximum absolute atomic E-state index is 12.2. The normalized spacial score (nSPS) is 13.9. The summed E-state index contributed by atoms with van der Waals surface area (Å²) in [5.74, 6) is 0.310. The van der Waals surface area contributed by atoms with E-state index in [1.807, 2.05) is 13.8 Å². The van der Waals surface area contributed by atoms with Gasteiger partial charge in [0.05, 0.1) is 0 Å². The van der Waals surface area contributed by atoms with E-state index in [2.05, 4.69) is 4.98 Å². The van der Waals surface area contributed by atoms with Crippen LogP contribution in [0.4, 0.5) is 0 Å². The minimum Gasteiger partial charge on any atom is -0.243 e. The number of rotatable bonds is 5. The molecule has 1 aromatic rings. The van der Waals surface area contributed by atoms with E-state index in [1.165, 1.54) is 16.6 Å². The number of hydrogen-bond donors (Lipinski definition) is 0. The second kappa shape index (κ2) is 5.80. The molecule has 96 valence electrons. The molecule has 0 spiro atoms. The summed E-state index contributed by atoms with van der Waals surface area (Å²) >= 11 is 5.81. The van der Waals surface area contributed by atoms with Crippen molar-refractivity contribution in [1.29, 1.82) is 0 Å². The lowest BCUT2D eigenvalue weighted by Crippen LogP contribution is -2.31. The largest absolute Gasteiger partial charge is 0.245 e. The smallest absolute Gasteiger partial charge is 0.243 e. The maximum atomic E-state index is 12.2. The second-order valence-corrected chi connectivity index (χ2v) is 6.46. The molecule has 1 aromatic heterocycles. The molecule has 0 amide bonds. The van der Waals surface area contributed by atoms with Gasteiger partial charge < -0.3 is 0 Å². The van der Waals surface area contributed by atoms with Crippen LogP contribution in [0.2, 0.25) is 5.15 Å². The number of pyridine rings is 1. The first-order valence-corrected chi connectivity index (χ1v) is 7.28. The van der Waals surface area contributed by atoms with Gasteiger partial charge in [-0.3, -0.25) is 0 Å². The van der Waals surface area contributed by atoms with Crippen LogP contribution in [-0.2, 0) is 10.0 Å². The summed E-state index contributed by atoms with van der Waals surface area (Å²) in [6.07, 6.45) is 2.40. The van der Waals surface area contributed by atoms with Crippen molar-refractivity contribution >= 4 is 21.6 Å². The Kier molecular flexibility index (Phi) is 4.91. The van der Waals surface area contributed by atoms with Gasteiger partial charge >= 0.3 is 0 Å². The Bertz CT molecular complexity index is 476. The molecule has 0 aliphatic rings. The lowest BCUT2D eigenvalue weighted by atomic mass is 10.1. The van der Waals surface area contributed by atoms with Gasteiger partial charge in [0, 0.05) is 19.8 Å². The zero-order valence-electron chi connectivity index (χ0n) is 10.2. The van der Waals surface area contributed by atoms with Gasteiger partial charge in [-0.25, -0.2) is 17.7 Å². The highest BCUT2D eigenvalue weighted by molar-refractivity contribution is 7.89. The molecular formula is C11H17ClN2O2S. The fourth-order valence-corrected chi connectivity index (χ4v) is 3.11. The van der Waals surface area contributed by atoms with Crippen molar-refractivity contribution in [2.45, 2.75) is 25.2 Å². The SMILES string of the molecule is CCC(C)CN(C)S(=O)(=O)c1cccnc1Cl. The monoisotopic (exact) mass is 276 g/mol. The molecule has 1 heterocycles. The number of aromatic nitrogens is 1. The second-order valence-electron chi connectivity index (χ2n) is 4.09. The molecule has 0 saturated carbocycles. The van der Waals surface area contributed by atoms with Gasteiger partial charge in [-0.05, 0) is 18.1 Å². The summed E-state index contributed by atoms with van der Waals surface area (Å²) in [7, 11) is -1.98. The highest BCUT2D eigenvalue weighted by Crippen LogP contribution is 2.22. The van der Waals surface area contributed by atoms with Crippen LogP contribution >= 0.6 is 11.6 Å².